The molecule has 2 heterocycles. The van der Waals surface area contributed by atoms with Gasteiger partial charge >= 0.3 is 0 Å². The fourth-order valence-electron chi connectivity index (χ4n) is 4.66. The molecule has 214 valence electrons. The van der Waals surface area contributed by atoms with E-state index in [9.17, 15) is 35.7 Å². The highest BCUT2D eigenvalue weighted by Gasteiger charge is 2.50. The number of ether oxygens (including phenoxy) is 4. The van der Waals surface area contributed by atoms with Crippen LogP contribution in [0.2, 0.25) is 0 Å². The summed E-state index contributed by atoms with van der Waals surface area (Å²) in [7, 11) is 0. The lowest BCUT2D eigenvalue weighted by molar-refractivity contribution is -0.359. The van der Waals surface area contributed by atoms with E-state index < -0.39 is 74.6 Å². The Morgan fingerprint density at radius 3 is 1.61 bits per heavy atom. The highest BCUT2D eigenvalue weighted by molar-refractivity contribution is 4.94. The molecule has 0 aromatic heterocycles. The lowest BCUT2D eigenvalue weighted by Gasteiger charge is -2.45. The van der Waals surface area contributed by atoms with Crippen LogP contribution >= 0.6 is 0 Å². The quantitative estimate of drug-likeness (QED) is 0.127. The van der Waals surface area contributed by atoms with Crippen LogP contribution in [0.4, 0.5) is 0 Å². The van der Waals surface area contributed by atoms with Gasteiger partial charge in [0.1, 0.15) is 48.8 Å². The van der Waals surface area contributed by atoms with Gasteiger partial charge in [0.2, 0.25) is 0 Å². The maximum atomic E-state index is 10.6. The van der Waals surface area contributed by atoms with Gasteiger partial charge in [-0.25, -0.2) is 0 Å². The number of aliphatic hydroxyl groups is 7. The molecule has 0 amide bonds. The van der Waals surface area contributed by atoms with E-state index in [1.165, 1.54) is 51.4 Å². The van der Waals surface area contributed by atoms with Crippen LogP contribution in [-0.4, -0.2) is 117 Å². The summed E-state index contributed by atoms with van der Waals surface area (Å²) < 4.78 is 22.1. The average Bonchev–Trinajstić information content (AvgIpc) is 2.88. The van der Waals surface area contributed by atoms with Gasteiger partial charge in [0.25, 0.3) is 0 Å². The van der Waals surface area contributed by atoms with E-state index in [1.807, 2.05) is 0 Å². The van der Waals surface area contributed by atoms with Crippen molar-refractivity contribution in [3.05, 3.63) is 0 Å². The van der Waals surface area contributed by atoms with Crippen LogP contribution in [0.3, 0.4) is 0 Å². The van der Waals surface area contributed by atoms with Crippen LogP contribution in [-0.2, 0) is 18.9 Å². The summed E-state index contributed by atoms with van der Waals surface area (Å²) in [5.74, 6) is 0. The van der Waals surface area contributed by atoms with Crippen molar-refractivity contribution in [1.29, 1.82) is 0 Å². The first-order valence-corrected chi connectivity index (χ1v) is 13.6. The Labute approximate surface area is 214 Å². The van der Waals surface area contributed by atoms with Crippen molar-refractivity contribution in [3.63, 3.8) is 0 Å². The molecule has 36 heavy (non-hydrogen) atoms. The third-order valence-electron chi connectivity index (χ3n) is 6.99. The van der Waals surface area contributed by atoms with Gasteiger partial charge in [0.05, 0.1) is 13.2 Å². The molecule has 2 saturated heterocycles. The standard InChI is InChI=1S/C25H48O11/c1-2-3-4-5-6-7-8-9-10-11-12-13-33-24-22(32)20(30)23(17(15-27)35-24)36-25-21(31)19(29)18(28)16(14-26)34-25/h16-32H,2-15H2,1H3/t16?,17?,18-,19+,20-,21?,22?,23-,24-,25-/m1/s1. The number of unbranched alkanes of at least 4 members (excludes halogenated alkanes) is 10. The lowest BCUT2D eigenvalue weighted by Crippen LogP contribution is -2.64. The monoisotopic (exact) mass is 524 g/mol. The molecule has 0 aliphatic carbocycles. The number of rotatable bonds is 17. The predicted molar refractivity (Wildman–Crippen MR) is 129 cm³/mol. The Balaban J connectivity index is 1.71. The predicted octanol–water partition coefficient (Wildman–Crippen LogP) is -0.0619. The Bertz CT molecular complexity index is 564. The molecule has 11 nitrogen and oxygen atoms in total. The summed E-state index contributed by atoms with van der Waals surface area (Å²) in [5, 5.41) is 70.2. The molecule has 4 unspecified atom stereocenters. The van der Waals surface area contributed by atoms with E-state index in [4.69, 9.17) is 18.9 Å². The molecular formula is C25H48O11. The van der Waals surface area contributed by atoms with Crippen molar-refractivity contribution in [3.8, 4) is 0 Å². The van der Waals surface area contributed by atoms with Gasteiger partial charge in [-0.15, -0.1) is 0 Å². The Hall–Kier alpha value is -0.440. The molecule has 10 atom stereocenters. The minimum Gasteiger partial charge on any atom is -0.394 e. The largest absolute Gasteiger partial charge is 0.394 e. The molecule has 0 bridgehead atoms. The number of hydrogen-bond donors (Lipinski definition) is 7. The highest BCUT2D eigenvalue weighted by atomic mass is 16.7. The SMILES string of the molecule is CCCCCCCCCCCCCO[C@@H]1OC(CO)[C@@H](O[C@H]2OC(CO)[C@@H](O)[C@H](O)C2O)[C@H](O)C1O. The first-order valence-electron chi connectivity index (χ1n) is 13.6. The van der Waals surface area contributed by atoms with Crippen LogP contribution in [0.15, 0.2) is 0 Å². The van der Waals surface area contributed by atoms with E-state index in [-0.39, 0.29) is 0 Å². The fraction of sp³-hybridized carbons (Fsp3) is 1.00. The van der Waals surface area contributed by atoms with Crippen molar-refractivity contribution in [1.82, 2.24) is 0 Å². The smallest absolute Gasteiger partial charge is 0.187 e. The summed E-state index contributed by atoms with van der Waals surface area (Å²) in [6.45, 7) is 1.32. The van der Waals surface area contributed by atoms with E-state index in [0.29, 0.717) is 6.61 Å². The summed E-state index contributed by atoms with van der Waals surface area (Å²) in [6.07, 6.45) is -1.24. The molecule has 0 aromatic rings. The van der Waals surface area contributed by atoms with Crippen molar-refractivity contribution in [2.24, 2.45) is 0 Å². The molecule has 0 saturated carbocycles. The summed E-state index contributed by atoms with van der Waals surface area (Å²) in [6, 6.07) is 0. The Kier molecular flexibility index (Phi) is 15.2. The van der Waals surface area contributed by atoms with Crippen LogP contribution < -0.4 is 0 Å². The molecule has 2 aliphatic heterocycles. The maximum Gasteiger partial charge on any atom is 0.187 e. The molecule has 2 rings (SSSR count). The number of aliphatic hydroxyl groups excluding tert-OH is 7. The van der Waals surface area contributed by atoms with Gasteiger partial charge in [-0.1, -0.05) is 71.1 Å². The van der Waals surface area contributed by atoms with Crippen molar-refractivity contribution < 1.29 is 54.7 Å². The van der Waals surface area contributed by atoms with Gasteiger partial charge in [0.15, 0.2) is 12.6 Å². The molecule has 0 spiro atoms. The molecular weight excluding hydrogens is 476 g/mol. The van der Waals surface area contributed by atoms with E-state index in [0.717, 1.165) is 19.3 Å². The minimum atomic E-state index is -1.69. The second-order valence-electron chi connectivity index (χ2n) is 9.91. The van der Waals surface area contributed by atoms with Crippen LogP contribution in [0.1, 0.15) is 77.6 Å². The zero-order chi connectivity index (χ0) is 26.5. The van der Waals surface area contributed by atoms with Crippen molar-refractivity contribution >= 4 is 0 Å². The Morgan fingerprint density at radius 2 is 1.06 bits per heavy atom. The second-order valence-corrected chi connectivity index (χ2v) is 9.91. The summed E-state index contributed by atoms with van der Waals surface area (Å²) in [5.41, 5.74) is 0. The molecule has 0 aromatic carbocycles. The normalized spacial score (nSPS) is 37.3. The van der Waals surface area contributed by atoms with Crippen molar-refractivity contribution in [2.75, 3.05) is 19.8 Å². The molecule has 7 N–H and O–H groups in total. The molecule has 2 fully saturated rings. The summed E-state index contributed by atoms with van der Waals surface area (Å²) >= 11 is 0. The van der Waals surface area contributed by atoms with Crippen LogP contribution in [0.25, 0.3) is 0 Å². The fourth-order valence-corrected chi connectivity index (χ4v) is 4.66. The molecule has 2 aliphatic rings. The third kappa shape index (κ3) is 9.39. The van der Waals surface area contributed by atoms with Crippen LogP contribution in [0, 0.1) is 0 Å². The first-order chi connectivity index (χ1) is 17.3. The maximum absolute atomic E-state index is 10.6. The highest BCUT2D eigenvalue weighted by Crippen LogP contribution is 2.29. The zero-order valence-corrected chi connectivity index (χ0v) is 21.4. The zero-order valence-electron chi connectivity index (χ0n) is 21.4. The van der Waals surface area contributed by atoms with E-state index in [2.05, 4.69) is 6.92 Å². The van der Waals surface area contributed by atoms with Crippen LogP contribution in [0.5, 0.6) is 0 Å². The molecule has 11 heteroatoms. The average molecular weight is 525 g/mol. The minimum absolute atomic E-state index is 0.321. The Morgan fingerprint density at radius 1 is 0.556 bits per heavy atom. The number of hydrogen-bond acceptors (Lipinski definition) is 11. The molecule has 0 radical (unpaired) electrons. The second kappa shape index (κ2) is 17.2. The van der Waals surface area contributed by atoms with Gasteiger partial charge in [-0.05, 0) is 6.42 Å². The van der Waals surface area contributed by atoms with Gasteiger partial charge in [-0.2, -0.15) is 0 Å². The topological polar surface area (TPSA) is 179 Å². The first kappa shape index (κ1) is 31.8. The third-order valence-corrected chi connectivity index (χ3v) is 6.99. The summed E-state index contributed by atoms with van der Waals surface area (Å²) in [4.78, 5) is 0. The van der Waals surface area contributed by atoms with E-state index in [1.54, 1.807) is 0 Å². The van der Waals surface area contributed by atoms with Gasteiger partial charge in [0, 0.05) is 6.61 Å². The lowest BCUT2D eigenvalue weighted by atomic mass is 9.97. The van der Waals surface area contributed by atoms with Gasteiger partial charge in [-0.3, -0.25) is 0 Å². The van der Waals surface area contributed by atoms with Crippen molar-refractivity contribution in [2.45, 2.75) is 139 Å². The van der Waals surface area contributed by atoms with Gasteiger partial charge < -0.3 is 54.7 Å². The van der Waals surface area contributed by atoms with E-state index >= 15 is 0 Å².